The molecule has 2 fully saturated rings. The van der Waals surface area contributed by atoms with Gasteiger partial charge in [-0.2, -0.15) is 0 Å². The number of carbonyl (C=O) groups is 2. The van der Waals surface area contributed by atoms with Gasteiger partial charge < -0.3 is 15.2 Å². The minimum absolute atomic E-state index is 0.0130. The molecule has 5 heteroatoms. The van der Waals surface area contributed by atoms with Crippen molar-refractivity contribution >= 4 is 11.9 Å². The summed E-state index contributed by atoms with van der Waals surface area (Å²) in [5, 5.41) is 12.1. The summed E-state index contributed by atoms with van der Waals surface area (Å²) in [4.78, 5) is 23.1. The summed E-state index contributed by atoms with van der Waals surface area (Å²) in [5.74, 6) is -1.000. The van der Waals surface area contributed by atoms with Gasteiger partial charge in [-0.05, 0) is 32.1 Å². The van der Waals surface area contributed by atoms with E-state index < -0.39 is 5.97 Å². The van der Waals surface area contributed by atoms with Crippen LogP contribution in [-0.4, -0.2) is 36.2 Å². The van der Waals surface area contributed by atoms with Gasteiger partial charge in [0.15, 0.2) is 0 Å². The van der Waals surface area contributed by atoms with Crippen molar-refractivity contribution in [3.05, 3.63) is 0 Å². The zero-order chi connectivity index (χ0) is 13.8. The summed E-state index contributed by atoms with van der Waals surface area (Å²) in [6.45, 7) is 2.94. The second kappa shape index (κ2) is 6.37. The molecule has 5 nitrogen and oxygen atoms in total. The minimum Gasteiger partial charge on any atom is -0.481 e. The van der Waals surface area contributed by atoms with Crippen LogP contribution in [0, 0.1) is 17.8 Å². The van der Waals surface area contributed by atoms with Crippen molar-refractivity contribution in [3.8, 4) is 0 Å². The van der Waals surface area contributed by atoms with E-state index in [1.807, 2.05) is 6.92 Å². The first kappa shape index (κ1) is 14.3. The summed E-state index contributed by atoms with van der Waals surface area (Å²) in [7, 11) is 0. The van der Waals surface area contributed by atoms with Crippen LogP contribution in [0.2, 0.25) is 0 Å². The average molecular weight is 269 g/mol. The Morgan fingerprint density at radius 3 is 2.68 bits per heavy atom. The first-order valence-electron chi connectivity index (χ1n) is 7.20. The molecule has 0 aromatic rings. The predicted octanol–water partition coefficient (Wildman–Crippen LogP) is 1.42. The highest BCUT2D eigenvalue weighted by Gasteiger charge is 2.32. The largest absolute Gasteiger partial charge is 0.481 e. The zero-order valence-corrected chi connectivity index (χ0v) is 11.4. The third-order valence-electron chi connectivity index (χ3n) is 4.33. The topological polar surface area (TPSA) is 75.6 Å². The molecule has 1 heterocycles. The van der Waals surface area contributed by atoms with E-state index in [0.717, 1.165) is 32.1 Å². The lowest BCUT2D eigenvalue weighted by Crippen LogP contribution is -2.39. The zero-order valence-electron chi connectivity index (χ0n) is 11.4. The second-order valence-corrected chi connectivity index (χ2v) is 5.81. The molecule has 2 rings (SSSR count). The second-order valence-electron chi connectivity index (χ2n) is 5.81. The molecule has 1 saturated heterocycles. The first-order valence-corrected chi connectivity index (χ1v) is 7.20. The smallest absolute Gasteiger partial charge is 0.306 e. The lowest BCUT2D eigenvalue weighted by Gasteiger charge is -2.28. The molecule has 0 aromatic carbocycles. The Balaban J connectivity index is 1.80. The van der Waals surface area contributed by atoms with Crippen LogP contribution in [0.25, 0.3) is 0 Å². The van der Waals surface area contributed by atoms with Crippen LogP contribution in [0.15, 0.2) is 0 Å². The molecule has 19 heavy (non-hydrogen) atoms. The SMILES string of the molecule is CC1CC(C(=O)NCC2CCCCC2C(=O)O)CO1. The van der Waals surface area contributed by atoms with E-state index in [2.05, 4.69) is 5.32 Å². The number of nitrogens with one attached hydrogen (secondary N) is 1. The van der Waals surface area contributed by atoms with Crippen LogP contribution in [-0.2, 0) is 14.3 Å². The number of carbonyl (C=O) groups excluding carboxylic acids is 1. The lowest BCUT2D eigenvalue weighted by molar-refractivity contribution is -0.145. The van der Waals surface area contributed by atoms with Crippen LogP contribution >= 0.6 is 0 Å². The lowest BCUT2D eigenvalue weighted by atomic mass is 9.79. The van der Waals surface area contributed by atoms with Crippen LogP contribution in [0.5, 0.6) is 0 Å². The Hall–Kier alpha value is -1.10. The molecule has 1 aliphatic heterocycles. The fourth-order valence-electron chi connectivity index (χ4n) is 3.15. The van der Waals surface area contributed by atoms with Gasteiger partial charge in [0.25, 0.3) is 0 Å². The van der Waals surface area contributed by atoms with Gasteiger partial charge in [-0.25, -0.2) is 0 Å². The molecule has 0 radical (unpaired) electrons. The maximum atomic E-state index is 12.0. The fourth-order valence-corrected chi connectivity index (χ4v) is 3.15. The van der Waals surface area contributed by atoms with Crippen molar-refractivity contribution in [3.63, 3.8) is 0 Å². The maximum absolute atomic E-state index is 12.0. The van der Waals surface area contributed by atoms with E-state index in [-0.39, 0.29) is 29.8 Å². The Bertz CT molecular complexity index is 344. The van der Waals surface area contributed by atoms with Gasteiger partial charge in [0.05, 0.1) is 24.5 Å². The van der Waals surface area contributed by atoms with Crippen LogP contribution in [0.4, 0.5) is 0 Å². The molecule has 4 atom stereocenters. The molecule has 4 unspecified atom stereocenters. The molecule has 0 aromatic heterocycles. The Labute approximate surface area is 113 Å². The normalized spacial score (nSPS) is 35.0. The highest BCUT2D eigenvalue weighted by Crippen LogP contribution is 2.30. The Kier molecular flexibility index (Phi) is 4.80. The molecule has 0 bridgehead atoms. The van der Waals surface area contributed by atoms with Crippen LogP contribution in [0.3, 0.4) is 0 Å². The van der Waals surface area contributed by atoms with Crippen molar-refractivity contribution in [2.45, 2.75) is 45.1 Å². The molecular weight excluding hydrogens is 246 g/mol. The molecule has 1 aliphatic carbocycles. The van der Waals surface area contributed by atoms with Crippen molar-refractivity contribution in [1.29, 1.82) is 0 Å². The predicted molar refractivity (Wildman–Crippen MR) is 69.6 cm³/mol. The summed E-state index contributed by atoms with van der Waals surface area (Å²) >= 11 is 0. The van der Waals surface area contributed by atoms with E-state index in [1.54, 1.807) is 0 Å². The van der Waals surface area contributed by atoms with Gasteiger partial charge in [-0.3, -0.25) is 9.59 Å². The highest BCUT2D eigenvalue weighted by atomic mass is 16.5. The number of carboxylic acids is 1. The Morgan fingerprint density at radius 1 is 1.32 bits per heavy atom. The van der Waals surface area contributed by atoms with Gasteiger partial charge in [0.1, 0.15) is 0 Å². The van der Waals surface area contributed by atoms with Gasteiger partial charge in [-0.1, -0.05) is 12.8 Å². The number of amides is 1. The number of rotatable bonds is 4. The van der Waals surface area contributed by atoms with Crippen molar-refractivity contribution in [2.75, 3.05) is 13.2 Å². The highest BCUT2D eigenvalue weighted by molar-refractivity contribution is 5.79. The summed E-state index contributed by atoms with van der Waals surface area (Å²) in [6, 6.07) is 0. The standard InChI is InChI=1S/C14H23NO4/c1-9-6-11(8-19-9)13(16)15-7-10-4-2-3-5-12(10)14(17)18/h9-12H,2-8H2,1H3,(H,15,16)(H,17,18). The maximum Gasteiger partial charge on any atom is 0.306 e. The third kappa shape index (κ3) is 3.69. The van der Waals surface area contributed by atoms with E-state index in [4.69, 9.17) is 4.74 Å². The molecule has 2 N–H and O–H groups in total. The van der Waals surface area contributed by atoms with Crippen molar-refractivity contribution in [1.82, 2.24) is 5.32 Å². The van der Waals surface area contributed by atoms with Crippen LogP contribution in [0.1, 0.15) is 39.0 Å². The quantitative estimate of drug-likeness (QED) is 0.809. The average Bonchev–Trinajstić information content (AvgIpc) is 2.83. The number of hydrogen-bond acceptors (Lipinski definition) is 3. The summed E-state index contributed by atoms with van der Waals surface area (Å²) < 4.78 is 5.38. The van der Waals surface area contributed by atoms with Gasteiger partial charge in [0, 0.05) is 6.54 Å². The third-order valence-corrected chi connectivity index (χ3v) is 4.33. The van der Waals surface area contributed by atoms with Crippen molar-refractivity contribution < 1.29 is 19.4 Å². The molecular formula is C14H23NO4. The molecule has 0 spiro atoms. The van der Waals surface area contributed by atoms with Crippen molar-refractivity contribution in [2.24, 2.45) is 17.8 Å². The first-order chi connectivity index (χ1) is 9.08. The molecule has 2 aliphatic rings. The van der Waals surface area contributed by atoms with E-state index in [9.17, 15) is 14.7 Å². The van der Waals surface area contributed by atoms with Gasteiger partial charge in [0.2, 0.25) is 5.91 Å². The van der Waals surface area contributed by atoms with E-state index >= 15 is 0 Å². The number of ether oxygens (including phenoxy) is 1. The molecule has 1 saturated carbocycles. The number of aliphatic carboxylic acids is 1. The van der Waals surface area contributed by atoms with Gasteiger partial charge in [-0.15, -0.1) is 0 Å². The van der Waals surface area contributed by atoms with E-state index in [0.29, 0.717) is 13.2 Å². The van der Waals surface area contributed by atoms with Crippen LogP contribution < -0.4 is 5.32 Å². The minimum atomic E-state index is -0.725. The summed E-state index contributed by atoms with van der Waals surface area (Å²) in [6.07, 6.45) is 4.59. The number of hydrogen-bond donors (Lipinski definition) is 2. The molecule has 1 amide bonds. The number of carboxylic acid groups (broad SMARTS) is 1. The fraction of sp³-hybridized carbons (Fsp3) is 0.857. The monoisotopic (exact) mass is 269 g/mol. The Morgan fingerprint density at radius 2 is 2.05 bits per heavy atom. The van der Waals surface area contributed by atoms with Gasteiger partial charge >= 0.3 is 5.97 Å². The van der Waals surface area contributed by atoms with E-state index in [1.165, 1.54) is 0 Å². The summed E-state index contributed by atoms with van der Waals surface area (Å²) in [5.41, 5.74) is 0. The molecule has 108 valence electrons.